The molecule has 122 valence electrons. The normalized spacial score (nSPS) is 21.4. The molecule has 5 unspecified atom stereocenters. The Kier molecular flexibility index (Phi) is 6.14. The molecule has 0 aromatic carbocycles. The number of alkyl halides is 9. The van der Waals surface area contributed by atoms with Gasteiger partial charge in [0.15, 0.2) is 18.5 Å². The van der Waals surface area contributed by atoms with Gasteiger partial charge >= 0.3 is 16.0 Å². The van der Waals surface area contributed by atoms with E-state index >= 15 is 0 Å². The first-order valence-corrected chi connectivity index (χ1v) is 6.07. The van der Waals surface area contributed by atoms with Gasteiger partial charge in [0, 0.05) is 0 Å². The van der Waals surface area contributed by atoms with Crippen molar-refractivity contribution in [1.29, 1.82) is 0 Å². The Morgan fingerprint density at radius 1 is 0.800 bits per heavy atom. The summed E-state index contributed by atoms with van der Waals surface area (Å²) in [5.41, 5.74) is -4.68. The standard InChI is InChI=1S/C7H7F9O3S/c8-1(3(10)5(12)13)2(9)4(11)7(15,16)6(14)20(17,18)19/h1-6H,(H,17,18,19). The van der Waals surface area contributed by atoms with E-state index in [4.69, 9.17) is 4.55 Å². The molecule has 0 heterocycles. The molecule has 0 bridgehead atoms. The van der Waals surface area contributed by atoms with Crippen LogP contribution in [-0.4, -0.2) is 55.5 Å². The minimum absolute atomic E-state index is 3.98. The lowest BCUT2D eigenvalue weighted by molar-refractivity contribution is -0.145. The Labute approximate surface area is 106 Å². The molecular formula is C7H7F9O3S. The molecule has 0 aromatic rings. The molecule has 0 fully saturated rings. The highest BCUT2D eigenvalue weighted by Gasteiger charge is 2.60. The predicted molar refractivity (Wildman–Crippen MR) is 47.0 cm³/mol. The van der Waals surface area contributed by atoms with Gasteiger partial charge in [-0.3, -0.25) is 4.55 Å². The fourth-order valence-electron chi connectivity index (χ4n) is 1.01. The molecule has 0 saturated carbocycles. The Morgan fingerprint density at radius 2 is 1.20 bits per heavy atom. The SMILES string of the molecule is O=S(=O)(O)C(F)C(F)(F)C(F)C(F)C(F)C(F)C(F)F. The molecule has 0 aliphatic heterocycles. The molecular weight excluding hydrogens is 335 g/mol. The highest BCUT2D eigenvalue weighted by molar-refractivity contribution is 7.86. The van der Waals surface area contributed by atoms with Gasteiger partial charge in [-0.15, -0.1) is 0 Å². The zero-order valence-electron chi connectivity index (χ0n) is 9.04. The van der Waals surface area contributed by atoms with Crippen molar-refractivity contribution in [3.05, 3.63) is 0 Å². The summed E-state index contributed by atoms with van der Waals surface area (Å²) < 4.78 is 140. The van der Waals surface area contributed by atoms with Gasteiger partial charge < -0.3 is 0 Å². The third-order valence-corrected chi connectivity index (χ3v) is 2.90. The van der Waals surface area contributed by atoms with Crippen molar-refractivity contribution >= 4 is 10.1 Å². The van der Waals surface area contributed by atoms with Gasteiger partial charge in [-0.2, -0.15) is 17.2 Å². The zero-order valence-corrected chi connectivity index (χ0v) is 9.85. The fraction of sp³-hybridized carbons (Fsp3) is 1.00. The van der Waals surface area contributed by atoms with Crippen LogP contribution in [0.1, 0.15) is 0 Å². The van der Waals surface area contributed by atoms with Gasteiger partial charge in [-0.25, -0.2) is 30.7 Å². The van der Waals surface area contributed by atoms with E-state index < -0.39 is 52.7 Å². The van der Waals surface area contributed by atoms with E-state index in [2.05, 4.69) is 0 Å². The van der Waals surface area contributed by atoms with Crippen molar-refractivity contribution in [2.45, 2.75) is 42.5 Å². The van der Waals surface area contributed by atoms with E-state index in [1.54, 1.807) is 0 Å². The highest BCUT2D eigenvalue weighted by atomic mass is 32.2. The van der Waals surface area contributed by atoms with Crippen LogP contribution in [0, 0.1) is 0 Å². The van der Waals surface area contributed by atoms with Crippen molar-refractivity contribution in [1.82, 2.24) is 0 Å². The monoisotopic (exact) mass is 342 g/mol. The Hall–Kier alpha value is -0.720. The van der Waals surface area contributed by atoms with E-state index in [0.717, 1.165) is 0 Å². The van der Waals surface area contributed by atoms with Gasteiger partial charge in [0.1, 0.15) is 0 Å². The topological polar surface area (TPSA) is 54.4 Å². The van der Waals surface area contributed by atoms with E-state index in [1.807, 2.05) is 0 Å². The van der Waals surface area contributed by atoms with Crippen LogP contribution in [-0.2, 0) is 10.1 Å². The van der Waals surface area contributed by atoms with Gasteiger partial charge in [-0.1, -0.05) is 0 Å². The summed E-state index contributed by atoms with van der Waals surface area (Å²) in [6.45, 7) is 0. The van der Waals surface area contributed by atoms with Crippen LogP contribution in [0.4, 0.5) is 39.5 Å². The van der Waals surface area contributed by atoms with Gasteiger partial charge in [0.2, 0.25) is 6.17 Å². The summed E-state index contributed by atoms with van der Waals surface area (Å²) >= 11 is 0. The molecule has 1 N–H and O–H groups in total. The second-order valence-corrected chi connectivity index (χ2v) is 5.02. The molecule has 5 atom stereocenters. The van der Waals surface area contributed by atoms with Crippen LogP contribution in [0.2, 0.25) is 0 Å². The number of hydrogen-bond donors (Lipinski definition) is 1. The van der Waals surface area contributed by atoms with Crippen molar-refractivity contribution < 1.29 is 52.5 Å². The molecule has 20 heavy (non-hydrogen) atoms. The van der Waals surface area contributed by atoms with Gasteiger partial charge in [0.05, 0.1) is 0 Å². The van der Waals surface area contributed by atoms with Crippen molar-refractivity contribution in [3.8, 4) is 0 Å². The van der Waals surface area contributed by atoms with Crippen molar-refractivity contribution in [2.75, 3.05) is 0 Å². The van der Waals surface area contributed by atoms with E-state index in [1.165, 1.54) is 0 Å². The van der Waals surface area contributed by atoms with Crippen LogP contribution in [0.15, 0.2) is 0 Å². The fourth-order valence-corrected chi connectivity index (χ4v) is 1.54. The minimum atomic E-state index is -6.19. The molecule has 0 amide bonds. The maximum atomic E-state index is 12.8. The maximum Gasteiger partial charge on any atom is 0.328 e. The summed E-state index contributed by atoms with van der Waals surface area (Å²) in [5.74, 6) is -5.82. The van der Waals surface area contributed by atoms with E-state index in [-0.39, 0.29) is 0 Å². The third-order valence-electron chi connectivity index (χ3n) is 2.06. The Balaban J connectivity index is 5.19. The van der Waals surface area contributed by atoms with Crippen LogP contribution in [0.3, 0.4) is 0 Å². The first-order valence-electron chi connectivity index (χ1n) is 4.57. The first-order chi connectivity index (χ1) is 8.74. The van der Waals surface area contributed by atoms with Crippen molar-refractivity contribution in [3.63, 3.8) is 0 Å². The summed E-state index contributed by atoms with van der Waals surface area (Å²) in [4.78, 5) is 0. The van der Waals surface area contributed by atoms with E-state index in [9.17, 15) is 47.9 Å². The quantitative estimate of drug-likeness (QED) is 0.571. The van der Waals surface area contributed by atoms with Crippen LogP contribution < -0.4 is 0 Å². The second kappa shape index (κ2) is 6.37. The molecule has 13 heteroatoms. The minimum Gasteiger partial charge on any atom is -0.283 e. The lowest BCUT2D eigenvalue weighted by Crippen LogP contribution is -2.52. The Morgan fingerprint density at radius 3 is 1.50 bits per heavy atom. The number of hydrogen-bond acceptors (Lipinski definition) is 2. The molecule has 0 spiro atoms. The first kappa shape index (κ1) is 19.3. The third kappa shape index (κ3) is 4.14. The van der Waals surface area contributed by atoms with Gasteiger partial charge in [0.25, 0.3) is 11.9 Å². The Bertz CT molecular complexity index is 414. The molecule has 0 rings (SSSR count). The average Bonchev–Trinajstić information content (AvgIpc) is 2.32. The number of halogens is 9. The van der Waals surface area contributed by atoms with Crippen LogP contribution in [0.25, 0.3) is 0 Å². The summed E-state index contributed by atoms with van der Waals surface area (Å²) in [6, 6.07) is 0. The molecule has 0 saturated heterocycles. The predicted octanol–water partition coefficient (Wildman–Crippen LogP) is 2.42. The summed E-state index contributed by atoms with van der Waals surface area (Å²) in [7, 11) is -6.19. The lowest BCUT2D eigenvalue weighted by Gasteiger charge is -2.27. The average molecular weight is 342 g/mol. The van der Waals surface area contributed by atoms with Crippen molar-refractivity contribution in [2.24, 2.45) is 0 Å². The highest BCUT2D eigenvalue weighted by Crippen LogP contribution is 2.36. The number of rotatable bonds is 7. The largest absolute Gasteiger partial charge is 0.328 e. The molecule has 0 aliphatic rings. The molecule has 0 aromatic heterocycles. The maximum absolute atomic E-state index is 12.8. The molecule has 0 aliphatic carbocycles. The zero-order chi connectivity index (χ0) is 16.5. The van der Waals surface area contributed by atoms with Crippen LogP contribution >= 0.6 is 0 Å². The van der Waals surface area contributed by atoms with Crippen LogP contribution in [0.5, 0.6) is 0 Å². The smallest absolute Gasteiger partial charge is 0.283 e. The summed E-state index contributed by atoms with van der Waals surface area (Å²) in [6.07, 6.45) is -21.2. The molecule has 3 nitrogen and oxygen atoms in total. The summed E-state index contributed by atoms with van der Waals surface area (Å²) in [5, 5.41) is 0. The lowest BCUT2D eigenvalue weighted by atomic mass is 10.0. The van der Waals surface area contributed by atoms with E-state index in [0.29, 0.717) is 0 Å². The van der Waals surface area contributed by atoms with Gasteiger partial charge in [-0.05, 0) is 0 Å². The molecule has 0 radical (unpaired) electrons. The second-order valence-electron chi connectivity index (χ2n) is 3.58.